The first-order valence-electron chi connectivity index (χ1n) is 10.9. The third kappa shape index (κ3) is 3.69. The number of nitrogens with zero attached hydrogens (tertiary/aromatic N) is 2. The van der Waals surface area contributed by atoms with E-state index in [4.69, 9.17) is 5.41 Å². The van der Waals surface area contributed by atoms with Crippen LogP contribution in [0.25, 0.3) is 11.1 Å². The van der Waals surface area contributed by atoms with Crippen molar-refractivity contribution in [2.24, 2.45) is 0 Å². The van der Waals surface area contributed by atoms with Gasteiger partial charge in [0.15, 0.2) is 5.96 Å². The van der Waals surface area contributed by atoms with E-state index in [1.54, 1.807) is 0 Å². The van der Waals surface area contributed by atoms with E-state index in [9.17, 15) is 9.90 Å². The van der Waals surface area contributed by atoms with E-state index in [1.165, 1.54) is 23.1 Å². The number of aliphatic carboxylic acids is 1. The molecule has 0 bridgehead atoms. The maximum Gasteiger partial charge on any atom is 0.307 e. The average Bonchev–Trinajstić information content (AvgIpc) is 3.19. The average molecular weight is 406 g/mol. The molecule has 2 N–H and O–H groups in total. The summed E-state index contributed by atoms with van der Waals surface area (Å²) in [6, 6.07) is 8.36. The maximum absolute atomic E-state index is 11.7. The number of likely N-dealkylation sites (tertiary alicyclic amines) is 1. The number of nitrogens with one attached hydrogen (secondary N) is 1. The first-order valence-corrected chi connectivity index (χ1v) is 10.9. The molecule has 0 atom stereocenters. The number of piperidine rings is 1. The Bertz CT molecular complexity index is 989. The zero-order chi connectivity index (χ0) is 21.4. The summed E-state index contributed by atoms with van der Waals surface area (Å²) >= 11 is 0. The van der Waals surface area contributed by atoms with Crippen molar-refractivity contribution in [2.45, 2.75) is 59.5 Å². The molecule has 0 aromatic heterocycles. The Morgan fingerprint density at radius 3 is 2.13 bits per heavy atom. The van der Waals surface area contributed by atoms with Crippen molar-refractivity contribution in [3.05, 3.63) is 57.6 Å². The number of hydrogen-bond acceptors (Lipinski definition) is 2. The second-order valence-electron chi connectivity index (χ2n) is 8.72. The molecular formula is C25H31N3O2. The number of carboxylic acids is 1. The first-order chi connectivity index (χ1) is 14.4. The van der Waals surface area contributed by atoms with Crippen molar-refractivity contribution >= 4 is 11.9 Å². The molecule has 2 aromatic rings. The highest BCUT2D eigenvalue weighted by Crippen LogP contribution is 2.39. The SMILES string of the molecule is Cc1ccc(-c2c(C)c3c(c(C)c2CC(=O)O)CN(C(=N)N2CCCCC2)C3)cc1. The number of guanidine groups is 1. The van der Waals surface area contributed by atoms with Crippen LogP contribution in [0.15, 0.2) is 24.3 Å². The van der Waals surface area contributed by atoms with Crippen LogP contribution in [0, 0.1) is 26.2 Å². The van der Waals surface area contributed by atoms with Crippen molar-refractivity contribution in [3.8, 4) is 11.1 Å². The van der Waals surface area contributed by atoms with Gasteiger partial charge in [0.1, 0.15) is 0 Å². The number of fused-ring (bicyclic) bond motifs is 1. The molecule has 0 saturated carbocycles. The lowest BCUT2D eigenvalue weighted by Crippen LogP contribution is -2.43. The van der Waals surface area contributed by atoms with Gasteiger partial charge in [0.2, 0.25) is 0 Å². The van der Waals surface area contributed by atoms with Crippen LogP contribution in [0.1, 0.15) is 52.6 Å². The van der Waals surface area contributed by atoms with Crippen molar-refractivity contribution in [1.82, 2.24) is 9.80 Å². The van der Waals surface area contributed by atoms with Crippen LogP contribution in [-0.2, 0) is 24.3 Å². The maximum atomic E-state index is 11.7. The lowest BCUT2D eigenvalue weighted by atomic mass is 9.84. The van der Waals surface area contributed by atoms with Gasteiger partial charge < -0.3 is 14.9 Å². The molecule has 1 fully saturated rings. The first kappa shape index (κ1) is 20.5. The number of benzene rings is 2. The van der Waals surface area contributed by atoms with E-state index in [0.29, 0.717) is 12.5 Å². The van der Waals surface area contributed by atoms with Crippen LogP contribution in [0.3, 0.4) is 0 Å². The summed E-state index contributed by atoms with van der Waals surface area (Å²) in [6.45, 7) is 9.58. The van der Waals surface area contributed by atoms with Gasteiger partial charge in [-0.05, 0) is 79.0 Å². The van der Waals surface area contributed by atoms with Gasteiger partial charge in [-0.15, -0.1) is 0 Å². The van der Waals surface area contributed by atoms with Crippen molar-refractivity contribution in [1.29, 1.82) is 5.41 Å². The molecule has 2 aliphatic heterocycles. The summed E-state index contributed by atoms with van der Waals surface area (Å²) in [7, 11) is 0. The fourth-order valence-electron chi connectivity index (χ4n) is 5.00. The monoisotopic (exact) mass is 405 g/mol. The summed E-state index contributed by atoms with van der Waals surface area (Å²) < 4.78 is 0. The molecule has 2 aromatic carbocycles. The lowest BCUT2D eigenvalue weighted by molar-refractivity contribution is -0.136. The van der Waals surface area contributed by atoms with Gasteiger partial charge in [-0.1, -0.05) is 29.8 Å². The zero-order valence-electron chi connectivity index (χ0n) is 18.2. The largest absolute Gasteiger partial charge is 0.481 e. The highest BCUT2D eigenvalue weighted by Gasteiger charge is 2.31. The second-order valence-corrected chi connectivity index (χ2v) is 8.72. The minimum absolute atomic E-state index is 0.0206. The quantitative estimate of drug-likeness (QED) is 0.577. The van der Waals surface area contributed by atoms with Crippen LogP contribution >= 0.6 is 0 Å². The van der Waals surface area contributed by atoms with Gasteiger partial charge in [0.05, 0.1) is 6.42 Å². The van der Waals surface area contributed by atoms with Crippen molar-refractivity contribution < 1.29 is 9.90 Å². The third-order valence-corrected chi connectivity index (χ3v) is 6.72. The Hall–Kier alpha value is -2.82. The Labute approximate surface area is 178 Å². The Morgan fingerprint density at radius 2 is 1.53 bits per heavy atom. The summed E-state index contributed by atoms with van der Waals surface area (Å²) in [4.78, 5) is 16.0. The minimum atomic E-state index is -0.804. The van der Waals surface area contributed by atoms with E-state index in [-0.39, 0.29) is 6.42 Å². The van der Waals surface area contributed by atoms with Crippen molar-refractivity contribution in [2.75, 3.05) is 13.1 Å². The van der Waals surface area contributed by atoms with Crippen LogP contribution in [0.5, 0.6) is 0 Å². The second kappa shape index (κ2) is 8.13. The van der Waals surface area contributed by atoms with Crippen LogP contribution < -0.4 is 0 Å². The van der Waals surface area contributed by atoms with Crippen LogP contribution in [0.2, 0.25) is 0 Å². The lowest BCUT2D eigenvalue weighted by Gasteiger charge is -2.33. The van der Waals surface area contributed by atoms with Gasteiger partial charge in [-0.3, -0.25) is 10.2 Å². The van der Waals surface area contributed by atoms with E-state index >= 15 is 0 Å². The van der Waals surface area contributed by atoms with E-state index in [0.717, 1.165) is 60.3 Å². The molecule has 158 valence electrons. The minimum Gasteiger partial charge on any atom is -0.481 e. The topological polar surface area (TPSA) is 67.6 Å². The Balaban J connectivity index is 1.76. The molecule has 30 heavy (non-hydrogen) atoms. The van der Waals surface area contributed by atoms with E-state index in [2.05, 4.69) is 54.8 Å². The Morgan fingerprint density at radius 1 is 0.933 bits per heavy atom. The van der Waals surface area contributed by atoms with Crippen LogP contribution in [0.4, 0.5) is 0 Å². The molecule has 5 heteroatoms. The number of rotatable bonds is 3. The normalized spacial score (nSPS) is 16.0. The van der Waals surface area contributed by atoms with Gasteiger partial charge in [-0.25, -0.2) is 0 Å². The molecule has 0 aliphatic carbocycles. The molecule has 2 heterocycles. The fourth-order valence-corrected chi connectivity index (χ4v) is 5.00. The fraction of sp³-hybridized carbons (Fsp3) is 0.440. The zero-order valence-corrected chi connectivity index (χ0v) is 18.2. The summed E-state index contributed by atoms with van der Waals surface area (Å²) in [6.07, 6.45) is 3.58. The molecule has 0 amide bonds. The molecule has 5 nitrogen and oxygen atoms in total. The van der Waals surface area contributed by atoms with Crippen LogP contribution in [-0.4, -0.2) is 39.9 Å². The summed E-state index contributed by atoms with van der Waals surface area (Å²) in [5.41, 5.74) is 8.93. The number of carboxylic acid groups (broad SMARTS) is 1. The Kier molecular flexibility index (Phi) is 5.54. The number of carbonyl (C=O) groups is 1. The summed E-state index contributed by atoms with van der Waals surface area (Å²) in [5, 5.41) is 18.4. The van der Waals surface area contributed by atoms with E-state index in [1.807, 2.05) is 0 Å². The van der Waals surface area contributed by atoms with Gasteiger partial charge in [0.25, 0.3) is 0 Å². The molecule has 1 saturated heterocycles. The third-order valence-electron chi connectivity index (χ3n) is 6.72. The molecular weight excluding hydrogens is 374 g/mol. The number of hydrogen-bond donors (Lipinski definition) is 2. The molecule has 0 spiro atoms. The van der Waals surface area contributed by atoms with Gasteiger partial charge in [0, 0.05) is 26.2 Å². The molecule has 2 aliphatic rings. The smallest absolute Gasteiger partial charge is 0.307 e. The highest BCUT2D eigenvalue weighted by atomic mass is 16.4. The standard InChI is InChI=1S/C25H31N3O2/c1-16-7-9-19(10-8-16)24-18(3)22-15-28(25(26)27-11-5-4-6-12-27)14-21(22)17(2)20(24)13-23(29)30/h7-10,26H,4-6,11-15H2,1-3H3,(H,29,30). The highest BCUT2D eigenvalue weighted by molar-refractivity contribution is 5.83. The van der Waals surface area contributed by atoms with Gasteiger partial charge >= 0.3 is 5.97 Å². The molecule has 0 radical (unpaired) electrons. The van der Waals surface area contributed by atoms with Crippen molar-refractivity contribution in [3.63, 3.8) is 0 Å². The predicted molar refractivity (Wildman–Crippen MR) is 120 cm³/mol. The predicted octanol–water partition coefficient (Wildman–Crippen LogP) is 4.64. The van der Waals surface area contributed by atoms with Gasteiger partial charge in [-0.2, -0.15) is 0 Å². The number of aryl methyl sites for hydroxylation is 1. The molecule has 0 unspecified atom stereocenters. The summed E-state index contributed by atoms with van der Waals surface area (Å²) in [5.74, 6) is -0.192. The van der Waals surface area contributed by atoms with E-state index < -0.39 is 5.97 Å². The molecule has 4 rings (SSSR count).